The van der Waals surface area contributed by atoms with Gasteiger partial charge in [-0.15, -0.1) is 0 Å². The number of fused-ring (bicyclic) bond motifs is 5. The van der Waals surface area contributed by atoms with Crippen LogP contribution in [0.4, 0.5) is 0 Å². The van der Waals surface area contributed by atoms with Crippen LogP contribution in [0.25, 0.3) is 0 Å². The first kappa shape index (κ1) is 17.5. The molecule has 1 N–H and O–H groups in total. The molecule has 2 saturated carbocycles. The van der Waals surface area contributed by atoms with Crippen molar-refractivity contribution in [3.63, 3.8) is 0 Å². The molecular weight excluding hydrogens is 308 g/mol. The summed E-state index contributed by atoms with van der Waals surface area (Å²) in [4.78, 5) is 0. The van der Waals surface area contributed by atoms with E-state index in [2.05, 4.69) is 39.8 Å². The van der Waals surface area contributed by atoms with Crippen molar-refractivity contribution in [1.29, 1.82) is 0 Å². The molecule has 3 aliphatic rings. The minimum absolute atomic E-state index is 0.0625. The second-order valence-corrected chi connectivity index (χ2v) is 9.62. The third kappa shape index (κ3) is 2.29. The van der Waals surface area contributed by atoms with E-state index < -0.39 is 5.60 Å². The Balaban J connectivity index is 1.64. The Kier molecular flexibility index (Phi) is 4.09. The number of aliphatic hydroxyl groups is 1. The Morgan fingerprint density at radius 1 is 1.20 bits per heavy atom. The van der Waals surface area contributed by atoms with Crippen molar-refractivity contribution >= 4 is 0 Å². The van der Waals surface area contributed by atoms with Crippen LogP contribution >= 0.6 is 0 Å². The molecule has 1 aromatic rings. The standard InChI is InChI=1S/C23H34O2/c1-5-6-13-23(24,16-10-8-7-9-11-16)19-15-17-18-12-14-22(4,20(17)25-19)21(18,2)3/h7-11,17-20,24H,5-6,12-15H2,1-4H3/t17-,18-,19-,20-,22+,23+/m1/s1. The van der Waals surface area contributed by atoms with E-state index >= 15 is 0 Å². The molecule has 0 spiro atoms. The van der Waals surface area contributed by atoms with Crippen molar-refractivity contribution in [2.45, 2.75) is 84.0 Å². The predicted octanol–water partition coefficient (Wildman–Crippen LogP) is 5.29. The summed E-state index contributed by atoms with van der Waals surface area (Å²) in [6.07, 6.45) is 6.81. The number of benzene rings is 1. The molecule has 0 aromatic heterocycles. The molecule has 4 rings (SSSR count). The molecule has 0 radical (unpaired) electrons. The fraction of sp³-hybridized carbons (Fsp3) is 0.739. The third-order valence-corrected chi connectivity index (χ3v) is 8.42. The van der Waals surface area contributed by atoms with Crippen molar-refractivity contribution in [3.05, 3.63) is 35.9 Å². The maximum Gasteiger partial charge on any atom is 0.116 e. The van der Waals surface area contributed by atoms with Gasteiger partial charge in [-0.1, -0.05) is 70.9 Å². The predicted molar refractivity (Wildman–Crippen MR) is 101 cm³/mol. The molecule has 2 nitrogen and oxygen atoms in total. The average Bonchev–Trinajstić information content (AvgIpc) is 3.19. The van der Waals surface area contributed by atoms with Crippen molar-refractivity contribution in [2.75, 3.05) is 0 Å². The van der Waals surface area contributed by atoms with Gasteiger partial charge in [0.25, 0.3) is 0 Å². The van der Waals surface area contributed by atoms with E-state index in [0.29, 0.717) is 17.4 Å². The number of rotatable bonds is 5. The van der Waals surface area contributed by atoms with Crippen molar-refractivity contribution in [2.24, 2.45) is 22.7 Å². The van der Waals surface area contributed by atoms with Gasteiger partial charge in [0.15, 0.2) is 0 Å². The average molecular weight is 343 g/mol. The summed E-state index contributed by atoms with van der Waals surface area (Å²) in [6.45, 7) is 9.52. The molecule has 1 saturated heterocycles. The summed E-state index contributed by atoms with van der Waals surface area (Å²) in [6, 6.07) is 10.3. The molecule has 138 valence electrons. The van der Waals surface area contributed by atoms with E-state index in [1.807, 2.05) is 18.2 Å². The van der Waals surface area contributed by atoms with Crippen LogP contribution in [0.5, 0.6) is 0 Å². The quantitative estimate of drug-likeness (QED) is 0.787. The normalized spacial score (nSPS) is 40.8. The van der Waals surface area contributed by atoms with Crippen LogP contribution in [-0.2, 0) is 10.3 Å². The molecule has 6 atom stereocenters. The lowest BCUT2D eigenvalue weighted by Gasteiger charge is -2.41. The van der Waals surface area contributed by atoms with Gasteiger partial charge in [-0.3, -0.25) is 0 Å². The second kappa shape index (κ2) is 5.82. The number of hydrogen-bond acceptors (Lipinski definition) is 2. The van der Waals surface area contributed by atoms with Crippen LogP contribution in [0.3, 0.4) is 0 Å². The minimum Gasteiger partial charge on any atom is -0.382 e. The van der Waals surface area contributed by atoms with Gasteiger partial charge in [0, 0.05) is 0 Å². The molecule has 1 heterocycles. The summed E-state index contributed by atoms with van der Waals surface area (Å²) in [5.74, 6) is 1.37. The smallest absolute Gasteiger partial charge is 0.116 e. The Morgan fingerprint density at radius 3 is 2.56 bits per heavy atom. The van der Waals surface area contributed by atoms with Crippen LogP contribution in [0, 0.1) is 22.7 Å². The molecule has 2 aliphatic carbocycles. The van der Waals surface area contributed by atoms with Gasteiger partial charge in [-0.25, -0.2) is 0 Å². The summed E-state index contributed by atoms with van der Waals surface area (Å²) >= 11 is 0. The van der Waals surface area contributed by atoms with Crippen LogP contribution in [0.2, 0.25) is 0 Å². The molecule has 2 bridgehead atoms. The highest BCUT2D eigenvalue weighted by atomic mass is 16.5. The Bertz CT molecular complexity index is 624. The minimum atomic E-state index is -0.846. The van der Waals surface area contributed by atoms with Gasteiger partial charge < -0.3 is 9.84 Å². The first-order valence-electron chi connectivity index (χ1n) is 10.3. The lowest BCUT2D eigenvalue weighted by molar-refractivity contribution is -0.143. The lowest BCUT2D eigenvalue weighted by atomic mass is 9.70. The SMILES string of the molecule is CCCC[C@](O)(c1ccccc1)[C@H]1C[C@@H]2[C@H]3CC[C@@](C)([C@@H]2O1)C3(C)C. The molecular formula is C23H34O2. The van der Waals surface area contributed by atoms with Gasteiger partial charge in [-0.05, 0) is 53.9 Å². The summed E-state index contributed by atoms with van der Waals surface area (Å²) < 4.78 is 6.72. The molecule has 0 amide bonds. The Hall–Kier alpha value is -0.860. The lowest BCUT2D eigenvalue weighted by Crippen LogP contribution is -2.43. The van der Waals surface area contributed by atoms with Gasteiger partial charge in [-0.2, -0.15) is 0 Å². The topological polar surface area (TPSA) is 29.5 Å². The number of unbranched alkanes of at least 4 members (excludes halogenated alkanes) is 1. The van der Waals surface area contributed by atoms with E-state index in [4.69, 9.17) is 4.74 Å². The van der Waals surface area contributed by atoms with E-state index in [1.165, 1.54) is 12.8 Å². The van der Waals surface area contributed by atoms with Crippen molar-refractivity contribution < 1.29 is 9.84 Å². The van der Waals surface area contributed by atoms with Crippen LogP contribution < -0.4 is 0 Å². The zero-order valence-corrected chi connectivity index (χ0v) is 16.3. The first-order valence-corrected chi connectivity index (χ1v) is 10.3. The third-order valence-electron chi connectivity index (χ3n) is 8.42. The second-order valence-electron chi connectivity index (χ2n) is 9.62. The monoisotopic (exact) mass is 342 g/mol. The molecule has 1 aliphatic heterocycles. The van der Waals surface area contributed by atoms with E-state index in [9.17, 15) is 5.11 Å². The fourth-order valence-electron chi connectivity index (χ4n) is 6.49. The van der Waals surface area contributed by atoms with Gasteiger partial charge in [0.05, 0.1) is 12.2 Å². The highest BCUT2D eigenvalue weighted by Gasteiger charge is 2.70. The fourth-order valence-corrected chi connectivity index (χ4v) is 6.49. The molecule has 3 fully saturated rings. The van der Waals surface area contributed by atoms with Crippen LogP contribution in [0.1, 0.15) is 71.8 Å². The van der Waals surface area contributed by atoms with E-state index in [-0.39, 0.29) is 11.5 Å². The van der Waals surface area contributed by atoms with Crippen LogP contribution in [0.15, 0.2) is 30.3 Å². The van der Waals surface area contributed by atoms with Gasteiger partial charge in [0.1, 0.15) is 5.60 Å². The van der Waals surface area contributed by atoms with E-state index in [1.54, 1.807) is 0 Å². The Labute approximate surface area is 153 Å². The van der Waals surface area contributed by atoms with Gasteiger partial charge in [0.2, 0.25) is 0 Å². The van der Waals surface area contributed by atoms with Crippen molar-refractivity contribution in [3.8, 4) is 0 Å². The molecule has 2 heteroatoms. The summed E-state index contributed by atoms with van der Waals surface area (Å²) in [5, 5.41) is 11.8. The zero-order chi connectivity index (χ0) is 17.9. The van der Waals surface area contributed by atoms with Crippen LogP contribution in [-0.4, -0.2) is 17.3 Å². The molecule has 0 unspecified atom stereocenters. The van der Waals surface area contributed by atoms with E-state index in [0.717, 1.165) is 37.2 Å². The number of hydrogen-bond donors (Lipinski definition) is 1. The maximum atomic E-state index is 11.8. The summed E-state index contributed by atoms with van der Waals surface area (Å²) in [5.41, 5.74) is 0.813. The largest absolute Gasteiger partial charge is 0.382 e. The van der Waals surface area contributed by atoms with Crippen molar-refractivity contribution in [1.82, 2.24) is 0 Å². The molecule has 25 heavy (non-hydrogen) atoms. The maximum absolute atomic E-state index is 11.8. The number of ether oxygens (including phenoxy) is 1. The zero-order valence-electron chi connectivity index (χ0n) is 16.3. The highest BCUT2D eigenvalue weighted by Crippen LogP contribution is 2.71. The first-order chi connectivity index (χ1) is 11.8. The van der Waals surface area contributed by atoms with Gasteiger partial charge >= 0.3 is 0 Å². The summed E-state index contributed by atoms with van der Waals surface area (Å²) in [7, 11) is 0. The highest BCUT2D eigenvalue weighted by molar-refractivity contribution is 5.26. The molecule has 1 aromatic carbocycles. The Morgan fingerprint density at radius 2 is 1.92 bits per heavy atom.